The Bertz CT molecular complexity index is 375. The Kier molecular flexibility index (Phi) is 5.52. The van der Waals surface area contributed by atoms with E-state index in [0.29, 0.717) is 5.92 Å². The number of nitrogens with zero attached hydrogens (tertiary/aromatic N) is 1. The van der Waals surface area contributed by atoms with E-state index in [2.05, 4.69) is 48.3 Å². The van der Waals surface area contributed by atoms with Gasteiger partial charge in [-0.2, -0.15) is 0 Å². The molecule has 1 atom stereocenters. The van der Waals surface area contributed by atoms with Crippen LogP contribution in [0.5, 0.6) is 5.75 Å². The van der Waals surface area contributed by atoms with Crippen molar-refractivity contribution in [3.8, 4) is 5.75 Å². The summed E-state index contributed by atoms with van der Waals surface area (Å²) < 4.78 is 5.91. The normalized spacial score (nSPS) is 17.3. The molecular formula is C16H26N2O. The predicted molar refractivity (Wildman–Crippen MR) is 81.1 cm³/mol. The molecule has 1 aliphatic heterocycles. The third-order valence-corrected chi connectivity index (χ3v) is 3.62. The third kappa shape index (κ3) is 4.43. The van der Waals surface area contributed by atoms with Gasteiger partial charge in [0.15, 0.2) is 0 Å². The number of nitrogens with one attached hydrogen (secondary N) is 1. The van der Waals surface area contributed by atoms with Gasteiger partial charge >= 0.3 is 0 Å². The van der Waals surface area contributed by atoms with Gasteiger partial charge in [0.2, 0.25) is 0 Å². The fourth-order valence-corrected chi connectivity index (χ4v) is 2.51. The van der Waals surface area contributed by atoms with Crippen molar-refractivity contribution in [1.29, 1.82) is 0 Å². The molecule has 1 unspecified atom stereocenters. The van der Waals surface area contributed by atoms with Crippen molar-refractivity contribution >= 4 is 5.69 Å². The monoisotopic (exact) mass is 262 g/mol. The Morgan fingerprint density at radius 2 is 2.11 bits per heavy atom. The Morgan fingerprint density at radius 1 is 1.32 bits per heavy atom. The maximum atomic E-state index is 5.91. The zero-order valence-electron chi connectivity index (χ0n) is 12.2. The van der Waals surface area contributed by atoms with Gasteiger partial charge in [-0.05, 0) is 24.5 Å². The van der Waals surface area contributed by atoms with Crippen molar-refractivity contribution < 1.29 is 4.74 Å². The molecule has 0 amide bonds. The molecule has 1 aliphatic rings. The quantitative estimate of drug-likeness (QED) is 0.853. The largest absolute Gasteiger partial charge is 0.493 e. The zero-order chi connectivity index (χ0) is 13.5. The number of piperazine rings is 1. The lowest BCUT2D eigenvalue weighted by atomic mass is 10.1. The van der Waals surface area contributed by atoms with E-state index in [9.17, 15) is 0 Å². The number of ether oxygens (including phenoxy) is 1. The van der Waals surface area contributed by atoms with Gasteiger partial charge in [0.25, 0.3) is 0 Å². The predicted octanol–water partition coefficient (Wildman–Crippen LogP) is 2.91. The van der Waals surface area contributed by atoms with E-state index in [4.69, 9.17) is 4.74 Å². The van der Waals surface area contributed by atoms with Crippen LogP contribution in [0, 0.1) is 5.92 Å². The van der Waals surface area contributed by atoms with Gasteiger partial charge in [0.05, 0.1) is 6.61 Å². The van der Waals surface area contributed by atoms with E-state index >= 15 is 0 Å². The molecule has 0 bridgehead atoms. The third-order valence-electron chi connectivity index (χ3n) is 3.62. The zero-order valence-corrected chi connectivity index (χ0v) is 12.2. The average Bonchev–Trinajstić information content (AvgIpc) is 2.47. The molecule has 1 heterocycles. The van der Waals surface area contributed by atoms with Crippen LogP contribution in [0.25, 0.3) is 0 Å². The number of hydrogen-bond donors (Lipinski definition) is 1. The van der Waals surface area contributed by atoms with E-state index in [1.165, 1.54) is 18.5 Å². The minimum absolute atomic E-state index is 0.632. The highest BCUT2D eigenvalue weighted by molar-refractivity contribution is 5.51. The molecule has 0 aromatic heterocycles. The molecule has 1 aromatic carbocycles. The first-order valence-corrected chi connectivity index (χ1v) is 7.48. The van der Waals surface area contributed by atoms with Crippen LogP contribution in [-0.4, -0.2) is 32.8 Å². The second-order valence-corrected chi connectivity index (χ2v) is 5.44. The molecule has 3 heteroatoms. The molecule has 1 N–H and O–H groups in total. The average molecular weight is 262 g/mol. The van der Waals surface area contributed by atoms with E-state index in [-0.39, 0.29) is 0 Å². The van der Waals surface area contributed by atoms with Crippen LogP contribution in [0.15, 0.2) is 24.3 Å². The summed E-state index contributed by atoms with van der Waals surface area (Å²) in [5, 5.41) is 3.38. The standard InChI is InChI=1S/C16H26N2O/c1-3-5-14(2)13-19-16-7-4-6-15(12-16)18-10-8-17-9-11-18/h4,6-7,12,14,17H,3,5,8-11,13H2,1-2H3. The van der Waals surface area contributed by atoms with Crippen LogP contribution in [-0.2, 0) is 0 Å². The molecule has 19 heavy (non-hydrogen) atoms. The summed E-state index contributed by atoms with van der Waals surface area (Å²) in [6.07, 6.45) is 2.46. The number of benzene rings is 1. The topological polar surface area (TPSA) is 24.5 Å². The van der Waals surface area contributed by atoms with Crippen molar-refractivity contribution in [2.75, 3.05) is 37.7 Å². The number of anilines is 1. The molecule has 106 valence electrons. The summed E-state index contributed by atoms with van der Waals surface area (Å²) in [5.41, 5.74) is 1.28. The summed E-state index contributed by atoms with van der Waals surface area (Å²) in [5.74, 6) is 1.63. The Balaban J connectivity index is 1.91. The first-order chi connectivity index (χ1) is 9.29. The van der Waals surface area contributed by atoms with Crippen molar-refractivity contribution in [2.24, 2.45) is 5.92 Å². The second kappa shape index (κ2) is 7.39. The lowest BCUT2D eigenvalue weighted by Gasteiger charge is -2.29. The van der Waals surface area contributed by atoms with Crippen molar-refractivity contribution in [1.82, 2.24) is 5.32 Å². The Labute approximate surface area is 116 Å². The van der Waals surface area contributed by atoms with Crippen molar-refractivity contribution in [2.45, 2.75) is 26.7 Å². The van der Waals surface area contributed by atoms with Crippen LogP contribution in [0.3, 0.4) is 0 Å². The van der Waals surface area contributed by atoms with Gasteiger partial charge in [0, 0.05) is 37.9 Å². The van der Waals surface area contributed by atoms with Gasteiger partial charge in [-0.15, -0.1) is 0 Å². The van der Waals surface area contributed by atoms with Crippen LogP contribution in [0.2, 0.25) is 0 Å². The summed E-state index contributed by atoms with van der Waals surface area (Å²) >= 11 is 0. The summed E-state index contributed by atoms with van der Waals surface area (Å²) in [7, 11) is 0. The lowest BCUT2D eigenvalue weighted by molar-refractivity contribution is 0.251. The van der Waals surface area contributed by atoms with Gasteiger partial charge in [0.1, 0.15) is 5.75 Å². The van der Waals surface area contributed by atoms with Gasteiger partial charge in [-0.1, -0.05) is 26.3 Å². The highest BCUT2D eigenvalue weighted by atomic mass is 16.5. The molecule has 0 aliphatic carbocycles. The summed E-state index contributed by atoms with van der Waals surface area (Å²) in [6, 6.07) is 8.50. The molecule has 2 rings (SSSR count). The lowest BCUT2D eigenvalue weighted by Crippen LogP contribution is -2.43. The van der Waals surface area contributed by atoms with E-state index in [1.807, 2.05) is 0 Å². The highest BCUT2D eigenvalue weighted by Crippen LogP contribution is 2.22. The SMILES string of the molecule is CCCC(C)COc1cccc(N2CCNCC2)c1. The first kappa shape index (κ1) is 14.2. The van der Waals surface area contributed by atoms with Crippen LogP contribution in [0.4, 0.5) is 5.69 Å². The smallest absolute Gasteiger partial charge is 0.121 e. The molecule has 1 fully saturated rings. The van der Waals surface area contributed by atoms with Crippen molar-refractivity contribution in [3.63, 3.8) is 0 Å². The van der Waals surface area contributed by atoms with Gasteiger partial charge < -0.3 is 15.0 Å². The van der Waals surface area contributed by atoms with Crippen molar-refractivity contribution in [3.05, 3.63) is 24.3 Å². The molecule has 0 saturated carbocycles. The van der Waals surface area contributed by atoms with Gasteiger partial charge in [-0.25, -0.2) is 0 Å². The van der Waals surface area contributed by atoms with E-state index in [0.717, 1.165) is 38.5 Å². The van der Waals surface area contributed by atoms with E-state index < -0.39 is 0 Å². The molecule has 0 spiro atoms. The Morgan fingerprint density at radius 3 is 2.84 bits per heavy atom. The fourth-order valence-electron chi connectivity index (χ4n) is 2.51. The van der Waals surface area contributed by atoms with Crippen LogP contribution < -0.4 is 15.0 Å². The number of hydrogen-bond acceptors (Lipinski definition) is 3. The molecule has 1 saturated heterocycles. The molecule has 0 radical (unpaired) electrons. The molecular weight excluding hydrogens is 236 g/mol. The second-order valence-electron chi connectivity index (χ2n) is 5.44. The maximum Gasteiger partial charge on any atom is 0.121 e. The molecule has 3 nitrogen and oxygen atoms in total. The summed E-state index contributed by atoms with van der Waals surface area (Å²) in [6.45, 7) is 9.59. The van der Waals surface area contributed by atoms with Gasteiger partial charge in [-0.3, -0.25) is 0 Å². The van der Waals surface area contributed by atoms with Crippen LogP contribution in [0.1, 0.15) is 26.7 Å². The highest BCUT2D eigenvalue weighted by Gasteiger charge is 2.11. The van der Waals surface area contributed by atoms with E-state index in [1.54, 1.807) is 0 Å². The first-order valence-electron chi connectivity index (χ1n) is 7.48. The fraction of sp³-hybridized carbons (Fsp3) is 0.625. The summed E-state index contributed by atoms with van der Waals surface area (Å²) in [4.78, 5) is 2.42. The Hall–Kier alpha value is -1.22. The minimum atomic E-state index is 0.632. The minimum Gasteiger partial charge on any atom is -0.493 e. The maximum absolute atomic E-state index is 5.91. The molecule has 1 aromatic rings. The van der Waals surface area contributed by atoms with Crippen LogP contribution >= 0.6 is 0 Å². The number of rotatable bonds is 6.